The average molecular weight is 450 g/mol. The Morgan fingerprint density at radius 2 is 1.75 bits per heavy atom. The summed E-state index contributed by atoms with van der Waals surface area (Å²) in [5, 5.41) is 12.7. The Kier molecular flexibility index (Phi) is 7.27. The maximum absolute atomic E-state index is 13.2. The van der Waals surface area contributed by atoms with Gasteiger partial charge in [-0.2, -0.15) is 0 Å². The molecule has 1 N–H and O–H groups in total. The second-order valence-electron chi connectivity index (χ2n) is 8.49. The van der Waals surface area contributed by atoms with E-state index in [4.69, 9.17) is 0 Å². The number of aromatic nitrogens is 3. The maximum Gasteiger partial charge on any atom is 0.238 e. The lowest BCUT2D eigenvalue weighted by molar-refractivity contribution is -0.120. The number of rotatable bonds is 10. The van der Waals surface area contributed by atoms with Crippen molar-refractivity contribution < 1.29 is 4.79 Å². The Bertz CT molecular complexity index is 1020. The van der Waals surface area contributed by atoms with Crippen molar-refractivity contribution in [3.8, 4) is 0 Å². The Hall–Kier alpha value is -2.64. The Morgan fingerprint density at radius 1 is 1.09 bits per heavy atom. The third-order valence-corrected chi connectivity index (χ3v) is 6.96. The van der Waals surface area contributed by atoms with Gasteiger partial charge in [0.05, 0.1) is 12.6 Å². The first-order valence-corrected chi connectivity index (χ1v) is 12.1. The Balaban J connectivity index is 1.70. The van der Waals surface area contributed by atoms with Crippen LogP contribution in [0.4, 0.5) is 0 Å². The molecule has 7 heteroatoms. The molecule has 1 amide bonds. The molecule has 0 radical (unpaired) electrons. The van der Waals surface area contributed by atoms with E-state index in [2.05, 4.69) is 58.1 Å². The van der Waals surface area contributed by atoms with Crippen LogP contribution >= 0.6 is 11.8 Å². The SMILES string of the molecule is CCC(c1nnc(SC(C(=O)NC2CC2)c2ccccc2)n1Cc1ccccc1)N(C)C. The third-order valence-electron chi connectivity index (χ3n) is 5.72. The van der Waals surface area contributed by atoms with Gasteiger partial charge in [-0.15, -0.1) is 10.2 Å². The molecule has 0 aliphatic heterocycles. The van der Waals surface area contributed by atoms with Crippen LogP contribution in [0.1, 0.15) is 54.4 Å². The van der Waals surface area contributed by atoms with Crippen LogP contribution in [0.3, 0.4) is 0 Å². The van der Waals surface area contributed by atoms with Crippen molar-refractivity contribution in [3.63, 3.8) is 0 Å². The van der Waals surface area contributed by atoms with Gasteiger partial charge in [-0.25, -0.2) is 0 Å². The summed E-state index contributed by atoms with van der Waals surface area (Å²) >= 11 is 1.48. The van der Waals surface area contributed by atoms with Gasteiger partial charge in [0.15, 0.2) is 11.0 Å². The van der Waals surface area contributed by atoms with E-state index < -0.39 is 0 Å². The van der Waals surface area contributed by atoms with Crippen LogP contribution in [0.5, 0.6) is 0 Å². The van der Waals surface area contributed by atoms with Gasteiger partial charge in [0, 0.05) is 6.04 Å². The lowest BCUT2D eigenvalue weighted by Crippen LogP contribution is -2.30. The molecule has 2 unspecified atom stereocenters. The van der Waals surface area contributed by atoms with Crippen molar-refractivity contribution in [2.75, 3.05) is 14.1 Å². The highest BCUT2D eigenvalue weighted by atomic mass is 32.2. The van der Waals surface area contributed by atoms with Gasteiger partial charge in [0.25, 0.3) is 0 Å². The van der Waals surface area contributed by atoms with E-state index in [9.17, 15) is 4.79 Å². The number of benzene rings is 2. The summed E-state index contributed by atoms with van der Waals surface area (Å²) in [6.45, 7) is 2.83. The predicted octanol–water partition coefficient (Wildman–Crippen LogP) is 4.45. The minimum absolute atomic E-state index is 0.0409. The second kappa shape index (κ2) is 10.3. The highest BCUT2D eigenvalue weighted by Crippen LogP contribution is 2.37. The summed E-state index contributed by atoms with van der Waals surface area (Å²) in [6, 6.07) is 20.8. The molecule has 32 heavy (non-hydrogen) atoms. The normalized spacial score (nSPS) is 15.5. The molecule has 3 aromatic rings. The summed E-state index contributed by atoms with van der Waals surface area (Å²) in [6.07, 6.45) is 3.05. The van der Waals surface area contributed by atoms with E-state index in [1.54, 1.807) is 0 Å². The first-order valence-electron chi connectivity index (χ1n) is 11.2. The number of thioether (sulfide) groups is 1. The van der Waals surface area contributed by atoms with Crippen LogP contribution in [-0.4, -0.2) is 45.7 Å². The summed E-state index contributed by atoms with van der Waals surface area (Å²) < 4.78 is 2.18. The molecule has 4 rings (SSSR count). The van der Waals surface area contributed by atoms with Crippen molar-refractivity contribution in [3.05, 3.63) is 77.6 Å². The number of amides is 1. The number of nitrogens with zero attached hydrogens (tertiary/aromatic N) is 4. The quantitative estimate of drug-likeness (QED) is 0.463. The van der Waals surface area contributed by atoms with Crippen molar-refractivity contribution >= 4 is 17.7 Å². The van der Waals surface area contributed by atoms with Gasteiger partial charge in [0.1, 0.15) is 5.25 Å². The Labute approximate surface area is 194 Å². The molecule has 6 nitrogen and oxygen atoms in total. The fourth-order valence-electron chi connectivity index (χ4n) is 3.84. The topological polar surface area (TPSA) is 63.1 Å². The monoisotopic (exact) mass is 449 g/mol. The van der Waals surface area contributed by atoms with E-state index >= 15 is 0 Å². The molecule has 2 atom stereocenters. The van der Waals surface area contributed by atoms with Gasteiger partial charge >= 0.3 is 0 Å². The minimum Gasteiger partial charge on any atom is -0.352 e. The number of hydrogen-bond donors (Lipinski definition) is 1. The molecule has 1 aromatic heterocycles. The smallest absolute Gasteiger partial charge is 0.238 e. The standard InChI is InChI=1S/C25H31N5OS/c1-4-21(29(2)3)23-27-28-25(30(23)17-18-11-7-5-8-12-18)32-22(19-13-9-6-10-14-19)24(31)26-20-15-16-20/h5-14,20-22H,4,15-17H2,1-3H3,(H,26,31). The molecule has 168 valence electrons. The van der Waals surface area contributed by atoms with Crippen molar-refractivity contribution in [2.45, 2.75) is 55.2 Å². The summed E-state index contributed by atoms with van der Waals surface area (Å²) in [5.74, 6) is 0.970. The van der Waals surface area contributed by atoms with Crippen LogP contribution in [0.15, 0.2) is 65.8 Å². The lowest BCUT2D eigenvalue weighted by Gasteiger charge is -2.23. The van der Waals surface area contributed by atoms with Gasteiger partial charge in [0.2, 0.25) is 5.91 Å². The zero-order valence-corrected chi connectivity index (χ0v) is 19.8. The number of carbonyl (C=O) groups excluding carboxylic acids is 1. The first kappa shape index (κ1) is 22.6. The van der Waals surface area contributed by atoms with Crippen LogP contribution in [0.2, 0.25) is 0 Å². The van der Waals surface area contributed by atoms with Gasteiger partial charge in [-0.05, 0) is 44.5 Å². The minimum atomic E-state index is -0.372. The Morgan fingerprint density at radius 3 is 2.34 bits per heavy atom. The number of carbonyl (C=O) groups is 1. The molecule has 1 aliphatic carbocycles. The van der Waals surface area contributed by atoms with E-state index in [0.29, 0.717) is 12.6 Å². The van der Waals surface area contributed by atoms with E-state index in [1.165, 1.54) is 17.3 Å². The summed E-state index contributed by atoms with van der Waals surface area (Å²) in [5.41, 5.74) is 2.16. The third kappa shape index (κ3) is 5.40. The van der Waals surface area contributed by atoms with E-state index in [0.717, 1.165) is 35.8 Å². The first-order chi connectivity index (χ1) is 15.6. The lowest BCUT2D eigenvalue weighted by atomic mass is 10.1. The molecule has 0 bridgehead atoms. The van der Waals surface area contributed by atoms with Crippen molar-refractivity contribution in [1.82, 2.24) is 25.0 Å². The molecular weight excluding hydrogens is 418 g/mol. The van der Waals surface area contributed by atoms with Crippen molar-refractivity contribution in [1.29, 1.82) is 0 Å². The van der Waals surface area contributed by atoms with Crippen LogP contribution in [0, 0.1) is 0 Å². The van der Waals surface area contributed by atoms with Gasteiger partial charge in [-0.1, -0.05) is 79.3 Å². The highest BCUT2D eigenvalue weighted by molar-refractivity contribution is 8.00. The molecule has 1 aliphatic rings. The van der Waals surface area contributed by atoms with Crippen LogP contribution < -0.4 is 5.32 Å². The van der Waals surface area contributed by atoms with E-state index in [1.807, 2.05) is 48.5 Å². The fourth-order valence-corrected chi connectivity index (χ4v) is 4.89. The van der Waals surface area contributed by atoms with Crippen LogP contribution in [-0.2, 0) is 11.3 Å². The summed E-state index contributed by atoms with van der Waals surface area (Å²) in [7, 11) is 4.14. The predicted molar refractivity (Wildman–Crippen MR) is 128 cm³/mol. The van der Waals surface area contributed by atoms with E-state index in [-0.39, 0.29) is 17.2 Å². The number of hydrogen-bond acceptors (Lipinski definition) is 5. The molecular formula is C25H31N5OS. The molecule has 0 saturated heterocycles. The fraction of sp³-hybridized carbons (Fsp3) is 0.400. The molecule has 1 heterocycles. The van der Waals surface area contributed by atoms with Gasteiger partial charge < -0.3 is 9.88 Å². The average Bonchev–Trinajstić information content (AvgIpc) is 3.54. The zero-order chi connectivity index (χ0) is 22.5. The molecule has 2 aromatic carbocycles. The second-order valence-corrected chi connectivity index (χ2v) is 9.56. The molecule has 1 saturated carbocycles. The van der Waals surface area contributed by atoms with Crippen molar-refractivity contribution in [2.24, 2.45) is 0 Å². The highest BCUT2D eigenvalue weighted by Gasteiger charge is 2.31. The number of nitrogens with one attached hydrogen (secondary N) is 1. The molecule has 1 fully saturated rings. The molecule has 0 spiro atoms. The largest absolute Gasteiger partial charge is 0.352 e. The maximum atomic E-state index is 13.2. The summed E-state index contributed by atoms with van der Waals surface area (Å²) in [4.78, 5) is 15.4. The zero-order valence-electron chi connectivity index (χ0n) is 18.9. The van der Waals surface area contributed by atoms with Crippen LogP contribution in [0.25, 0.3) is 0 Å². The van der Waals surface area contributed by atoms with Gasteiger partial charge in [-0.3, -0.25) is 9.69 Å².